The number of nitro benzene ring substituents is 1. The number of nitrogen functional groups attached to an aromatic ring is 1. The highest BCUT2D eigenvalue weighted by molar-refractivity contribution is 5.62. The Morgan fingerprint density at radius 3 is 2.53 bits per heavy atom. The van der Waals surface area contributed by atoms with Gasteiger partial charge in [-0.1, -0.05) is 6.07 Å². The summed E-state index contributed by atoms with van der Waals surface area (Å²) in [5.41, 5.74) is 3.68. The van der Waals surface area contributed by atoms with Gasteiger partial charge in [-0.25, -0.2) is 0 Å². The van der Waals surface area contributed by atoms with Crippen molar-refractivity contribution >= 4 is 11.4 Å². The lowest BCUT2D eigenvalue weighted by molar-refractivity contribution is -0.384. The molecule has 0 heterocycles. The largest absolute Gasteiger partial charge is 0.318 e. The van der Waals surface area contributed by atoms with Crippen LogP contribution in [0, 0.1) is 10.1 Å². The predicted octanol–water partition coefficient (Wildman–Crippen LogP) is 0.874. The number of nitrogens with one attached hydrogen (secondary N) is 1. The molecule has 7 heteroatoms. The predicted molar refractivity (Wildman–Crippen MR) is 75.8 cm³/mol. The van der Waals surface area contributed by atoms with Gasteiger partial charge in [0.05, 0.1) is 4.92 Å². The minimum atomic E-state index is -0.450. The Balaban J connectivity index is 2.71. The molecule has 0 radical (unpaired) electrons. The average Bonchev–Trinajstić information content (AvgIpc) is 2.35. The van der Waals surface area contributed by atoms with E-state index in [9.17, 15) is 10.1 Å². The van der Waals surface area contributed by atoms with Crippen molar-refractivity contribution in [1.82, 2.24) is 9.80 Å². The molecule has 0 aliphatic carbocycles. The second-order valence-corrected chi connectivity index (χ2v) is 4.79. The molecular weight excluding hydrogens is 246 g/mol. The maximum Gasteiger partial charge on any atom is 0.293 e. The molecule has 0 unspecified atom stereocenters. The topological polar surface area (TPSA) is 87.7 Å². The van der Waals surface area contributed by atoms with E-state index in [0.717, 1.165) is 25.2 Å². The number of hydrazine groups is 1. The number of nitrogens with zero attached hydrogens (tertiary/aromatic N) is 3. The van der Waals surface area contributed by atoms with E-state index in [4.69, 9.17) is 5.84 Å². The van der Waals surface area contributed by atoms with Crippen LogP contribution in [0.15, 0.2) is 18.2 Å². The first-order valence-electron chi connectivity index (χ1n) is 6.01. The Morgan fingerprint density at radius 2 is 2.00 bits per heavy atom. The summed E-state index contributed by atoms with van der Waals surface area (Å²) in [6, 6.07) is 4.94. The molecule has 0 aromatic heterocycles. The molecule has 19 heavy (non-hydrogen) atoms. The van der Waals surface area contributed by atoms with Crippen LogP contribution in [0.4, 0.5) is 11.4 Å². The fraction of sp³-hybridized carbons (Fsp3) is 0.500. The van der Waals surface area contributed by atoms with Gasteiger partial charge in [-0.15, -0.1) is 0 Å². The molecule has 0 atom stereocenters. The Kier molecular flexibility index (Phi) is 5.68. The lowest BCUT2D eigenvalue weighted by atomic mass is 10.1. The van der Waals surface area contributed by atoms with Crippen molar-refractivity contribution in [3.8, 4) is 0 Å². The molecule has 3 N–H and O–H groups in total. The van der Waals surface area contributed by atoms with E-state index in [1.165, 1.54) is 6.07 Å². The number of hydrogen-bond donors (Lipinski definition) is 2. The second-order valence-electron chi connectivity index (χ2n) is 4.79. The Bertz CT molecular complexity index is 436. The third kappa shape index (κ3) is 4.82. The van der Waals surface area contributed by atoms with E-state index in [-0.39, 0.29) is 5.69 Å². The Hall–Kier alpha value is -1.70. The van der Waals surface area contributed by atoms with Crippen molar-refractivity contribution in [3.63, 3.8) is 0 Å². The average molecular weight is 267 g/mol. The lowest BCUT2D eigenvalue weighted by Crippen LogP contribution is -2.28. The van der Waals surface area contributed by atoms with Gasteiger partial charge in [-0.2, -0.15) is 0 Å². The highest BCUT2D eigenvalue weighted by Gasteiger charge is 2.13. The van der Waals surface area contributed by atoms with Crippen LogP contribution in [0.1, 0.15) is 5.56 Å². The second kappa shape index (κ2) is 7.03. The Labute approximate surface area is 113 Å². The summed E-state index contributed by atoms with van der Waals surface area (Å²) in [4.78, 5) is 14.6. The van der Waals surface area contributed by atoms with E-state index in [0.29, 0.717) is 5.69 Å². The van der Waals surface area contributed by atoms with Gasteiger partial charge in [0, 0.05) is 25.7 Å². The molecule has 0 saturated heterocycles. The third-order valence-electron chi connectivity index (χ3n) is 2.79. The van der Waals surface area contributed by atoms with E-state index in [1.807, 2.05) is 21.1 Å². The molecule has 0 aliphatic rings. The van der Waals surface area contributed by atoms with Gasteiger partial charge < -0.3 is 15.2 Å². The van der Waals surface area contributed by atoms with Crippen LogP contribution in [0.25, 0.3) is 0 Å². The summed E-state index contributed by atoms with van der Waals surface area (Å²) in [6.07, 6.45) is 0. The normalized spacial score (nSPS) is 11.1. The molecule has 1 aromatic rings. The van der Waals surface area contributed by atoms with Crippen LogP contribution in [0.5, 0.6) is 0 Å². The molecule has 0 aliphatic heterocycles. The number of hydrogen-bond acceptors (Lipinski definition) is 6. The molecule has 0 spiro atoms. The van der Waals surface area contributed by atoms with Crippen LogP contribution < -0.4 is 11.3 Å². The minimum absolute atomic E-state index is 0.0119. The first kappa shape index (κ1) is 15.4. The zero-order valence-electron chi connectivity index (χ0n) is 11.6. The minimum Gasteiger partial charge on any atom is -0.318 e. The van der Waals surface area contributed by atoms with Crippen molar-refractivity contribution in [1.29, 1.82) is 0 Å². The fourth-order valence-electron chi connectivity index (χ4n) is 1.72. The van der Waals surface area contributed by atoms with Gasteiger partial charge in [-0.05, 0) is 32.8 Å². The van der Waals surface area contributed by atoms with Gasteiger partial charge in [0.1, 0.15) is 5.69 Å². The molecular formula is C12H21N5O2. The maximum atomic E-state index is 10.8. The van der Waals surface area contributed by atoms with E-state index < -0.39 is 4.92 Å². The van der Waals surface area contributed by atoms with Crippen molar-refractivity contribution in [2.24, 2.45) is 5.84 Å². The number of nitro groups is 1. The zero-order valence-corrected chi connectivity index (χ0v) is 11.6. The lowest BCUT2D eigenvalue weighted by Gasteiger charge is -2.19. The van der Waals surface area contributed by atoms with Gasteiger partial charge in [0.15, 0.2) is 0 Å². The molecule has 0 bridgehead atoms. The standard InChI is InChI=1S/C12H21N5O2/c1-15(2)6-7-16(3)9-10-4-5-12(17(18)19)11(8-10)14-13/h4-5,8,14H,6-7,9,13H2,1-3H3. The fourth-order valence-corrected chi connectivity index (χ4v) is 1.72. The van der Waals surface area contributed by atoms with Crippen LogP contribution in [-0.2, 0) is 6.54 Å². The van der Waals surface area contributed by atoms with Crippen molar-refractivity contribution in [2.75, 3.05) is 39.7 Å². The summed E-state index contributed by atoms with van der Waals surface area (Å²) in [6.45, 7) is 2.61. The molecule has 7 nitrogen and oxygen atoms in total. The SMILES string of the molecule is CN(C)CCN(C)Cc1ccc([N+](=O)[O-])c(NN)c1. The van der Waals surface area contributed by atoms with E-state index in [2.05, 4.69) is 15.2 Å². The summed E-state index contributed by atoms with van der Waals surface area (Å²) in [5.74, 6) is 5.31. The van der Waals surface area contributed by atoms with Gasteiger partial charge in [0.2, 0.25) is 0 Å². The van der Waals surface area contributed by atoms with Crippen molar-refractivity contribution in [2.45, 2.75) is 6.54 Å². The molecule has 106 valence electrons. The molecule has 0 saturated carbocycles. The van der Waals surface area contributed by atoms with Crippen LogP contribution in [0.2, 0.25) is 0 Å². The number of rotatable bonds is 7. The zero-order chi connectivity index (χ0) is 14.4. The number of nitrogens with two attached hydrogens (primary N) is 1. The van der Waals surface area contributed by atoms with Gasteiger partial charge in [-0.3, -0.25) is 16.0 Å². The molecule has 0 fully saturated rings. The summed E-state index contributed by atoms with van der Waals surface area (Å²) in [5, 5.41) is 10.8. The number of anilines is 1. The monoisotopic (exact) mass is 267 g/mol. The van der Waals surface area contributed by atoms with Gasteiger partial charge >= 0.3 is 0 Å². The number of benzene rings is 1. The maximum absolute atomic E-state index is 10.8. The first-order chi connectivity index (χ1) is 8.93. The summed E-state index contributed by atoms with van der Waals surface area (Å²) < 4.78 is 0. The molecule has 1 aromatic carbocycles. The van der Waals surface area contributed by atoms with Crippen LogP contribution in [0.3, 0.4) is 0 Å². The molecule has 1 rings (SSSR count). The van der Waals surface area contributed by atoms with E-state index in [1.54, 1.807) is 12.1 Å². The van der Waals surface area contributed by atoms with E-state index >= 15 is 0 Å². The number of likely N-dealkylation sites (N-methyl/N-ethyl adjacent to an activating group) is 2. The third-order valence-corrected chi connectivity index (χ3v) is 2.79. The van der Waals surface area contributed by atoms with Crippen molar-refractivity contribution < 1.29 is 4.92 Å². The highest BCUT2D eigenvalue weighted by atomic mass is 16.6. The summed E-state index contributed by atoms with van der Waals surface area (Å²) >= 11 is 0. The van der Waals surface area contributed by atoms with Crippen LogP contribution >= 0.6 is 0 Å². The summed E-state index contributed by atoms with van der Waals surface area (Å²) in [7, 11) is 6.06. The quantitative estimate of drug-likeness (QED) is 0.433. The highest BCUT2D eigenvalue weighted by Crippen LogP contribution is 2.24. The Morgan fingerprint density at radius 1 is 1.32 bits per heavy atom. The van der Waals surface area contributed by atoms with Crippen LogP contribution in [-0.4, -0.2) is 49.0 Å². The smallest absolute Gasteiger partial charge is 0.293 e. The van der Waals surface area contributed by atoms with Crippen molar-refractivity contribution in [3.05, 3.63) is 33.9 Å². The first-order valence-corrected chi connectivity index (χ1v) is 6.01. The molecule has 0 amide bonds. The van der Waals surface area contributed by atoms with Gasteiger partial charge in [0.25, 0.3) is 5.69 Å².